The monoisotopic (exact) mass is 388 g/mol. The van der Waals surface area contributed by atoms with Crippen LogP contribution in [0, 0.1) is 0 Å². The van der Waals surface area contributed by atoms with Crippen LogP contribution in [-0.2, 0) is 6.18 Å². The molecule has 3 heterocycles. The fourth-order valence-electron chi connectivity index (χ4n) is 3.17. The van der Waals surface area contributed by atoms with Gasteiger partial charge in [0.25, 0.3) is 0 Å². The van der Waals surface area contributed by atoms with Crippen LogP contribution in [0.15, 0.2) is 48.8 Å². The van der Waals surface area contributed by atoms with E-state index in [1.165, 1.54) is 11.0 Å². The summed E-state index contributed by atoms with van der Waals surface area (Å²) < 4.78 is 41.1. The molecule has 1 aliphatic heterocycles. The molecule has 1 saturated heterocycles. The number of aromatic nitrogens is 4. The van der Waals surface area contributed by atoms with Crippen molar-refractivity contribution in [3.63, 3.8) is 0 Å². The Labute approximate surface area is 160 Å². The Hall–Kier alpha value is -2.94. The Morgan fingerprint density at radius 2 is 1.57 bits per heavy atom. The van der Waals surface area contributed by atoms with Crippen LogP contribution >= 0.6 is 0 Å². The molecule has 0 unspecified atom stereocenters. The molecule has 9 heteroatoms. The molecule has 0 radical (unpaired) electrons. The standard InChI is InChI=1S/C19H19F3N6/c1-26-7-9-27(10-8-26)17-12-18(24-13-23-17)28-15(14-5-3-2-4-6-14)11-16(25-28)19(20,21)22/h2-6,11-13H,7-10H2,1H3. The van der Waals surface area contributed by atoms with E-state index < -0.39 is 11.9 Å². The average molecular weight is 388 g/mol. The molecule has 28 heavy (non-hydrogen) atoms. The second kappa shape index (κ2) is 7.23. The fourth-order valence-corrected chi connectivity index (χ4v) is 3.17. The van der Waals surface area contributed by atoms with Gasteiger partial charge in [0.1, 0.15) is 12.1 Å². The maximum atomic E-state index is 13.3. The lowest BCUT2D eigenvalue weighted by Crippen LogP contribution is -2.44. The van der Waals surface area contributed by atoms with Gasteiger partial charge in [0.2, 0.25) is 0 Å². The van der Waals surface area contributed by atoms with E-state index in [4.69, 9.17) is 0 Å². The summed E-state index contributed by atoms with van der Waals surface area (Å²) in [4.78, 5) is 12.8. The molecule has 1 fully saturated rings. The second-order valence-corrected chi connectivity index (χ2v) is 6.72. The highest BCUT2D eigenvalue weighted by atomic mass is 19.4. The Kier molecular flexibility index (Phi) is 4.76. The lowest BCUT2D eigenvalue weighted by Gasteiger charge is -2.33. The summed E-state index contributed by atoms with van der Waals surface area (Å²) in [7, 11) is 2.05. The first-order valence-corrected chi connectivity index (χ1v) is 8.90. The molecule has 2 aromatic heterocycles. The molecule has 0 saturated carbocycles. The second-order valence-electron chi connectivity index (χ2n) is 6.72. The zero-order valence-electron chi connectivity index (χ0n) is 15.3. The van der Waals surface area contributed by atoms with Crippen LogP contribution in [0.2, 0.25) is 0 Å². The molecule has 1 aliphatic rings. The van der Waals surface area contributed by atoms with Gasteiger partial charge in [-0.1, -0.05) is 30.3 Å². The van der Waals surface area contributed by atoms with E-state index in [9.17, 15) is 13.2 Å². The van der Waals surface area contributed by atoms with Crippen molar-refractivity contribution < 1.29 is 13.2 Å². The van der Waals surface area contributed by atoms with E-state index in [1.807, 2.05) is 6.07 Å². The first-order valence-electron chi connectivity index (χ1n) is 8.90. The topological polar surface area (TPSA) is 50.1 Å². The Morgan fingerprint density at radius 1 is 0.893 bits per heavy atom. The van der Waals surface area contributed by atoms with Gasteiger partial charge in [-0.25, -0.2) is 14.6 Å². The Bertz CT molecular complexity index is 946. The summed E-state index contributed by atoms with van der Waals surface area (Å²) >= 11 is 0. The van der Waals surface area contributed by atoms with Crippen LogP contribution in [0.3, 0.4) is 0 Å². The molecule has 0 amide bonds. The summed E-state index contributed by atoms with van der Waals surface area (Å²) in [6.45, 7) is 3.39. The van der Waals surface area contributed by atoms with Crippen molar-refractivity contribution in [2.45, 2.75) is 6.18 Å². The predicted octanol–water partition coefficient (Wildman–Crippen LogP) is 3.10. The van der Waals surface area contributed by atoms with Crippen molar-refractivity contribution in [3.8, 4) is 17.1 Å². The lowest BCUT2D eigenvalue weighted by molar-refractivity contribution is -0.141. The molecule has 0 spiro atoms. The molecule has 146 valence electrons. The van der Waals surface area contributed by atoms with Crippen molar-refractivity contribution in [1.29, 1.82) is 0 Å². The van der Waals surface area contributed by atoms with Crippen molar-refractivity contribution >= 4 is 5.82 Å². The highest BCUT2D eigenvalue weighted by Gasteiger charge is 2.35. The number of nitrogens with zero attached hydrogens (tertiary/aromatic N) is 6. The van der Waals surface area contributed by atoms with Gasteiger partial charge in [-0.3, -0.25) is 0 Å². The summed E-state index contributed by atoms with van der Waals surface area (Å²) in [5.41, 5.74) is 0.00678. The normalized spacial score (nSPS) is 15.8. The van der Waals surface area contributed by atoms with E-state index in [0.717, 1.165) is 32.2 Å². The van der Waals surface area contributed by atoms with E-state index in [2.05, 4.69) is 31.9 Å². The number of hydrogen-bond donors (Lipinski definition) is 0. The zero-order valence-corrected chi connectivity index (χ0v) is 15.3. The van der Waals surface area contributed by atoms with E-state index >= 15 is 0 Å². The number of piperazine rings is 1. The Balaban J connectivity index is 1.76. The number of benzene rings is 1. The van der Waals surface area contributed by atoms with Gasteiger partial charge in [-0.2, -0.15) is 18.3 Å². The first kappa shape index (κ1) is 18.4. The largest absolute Gasteiger partial charge is 0.435 e. The third-order valence-corrected chi connectivity index (χ3v) is 4.75. The summed E-state index contributed by atoms with van der Waals surface area (Å²) in [6, 6.07) is 11.6. The number of halogens is 3. The van der Waals surface area contributed by atoms with Crippen LogP contribution < -0.4 is 4.90 Å². The van der Waals surface area contributed by atoms with Crippen LogP contribution in [0.1, 0.15) is 5.69 Å². The third kappa shape index (κ3) is 3.70. The quantitative estimate of drug-likeness (QED) is 0.690. The van der Waals surface area contributed by atoms with E-state index in [-0.39, 0.29) is 0 Å². The molecule has 0 atom stereocenters. The van der Waals surface area contributed by atoms with Crippen molar-refractivity contribution in [3.05, 3.63) is 54.5 Å². The smallest absolute Gasteiger partial charge is 0.354 e. The molecule has 4 rings (SSSR count). The minimum atomic E-state index is -4.54. The van der Waals surface area contributed by atoms with Crippen LogP contribution in [0.25, 0.3) is 17.1 Å². The highest BCUT2D eigenvalue weighted by Crippen LogP contribution is 2.33. The molecular formula is C19H19F3N6. The molecule has 6 nitrogen and oxygen atoms in total. The molecule has 0 N–H and O–H groups in total. The molecule has 3 aromatic rings. The van der Waals surface area contributed by atoms with Gasteiger partial charge in [-0.15, -0.1) is 0 Å². The van der Waals surface area contributed by atoms with Gasteiger partial charge >= 0.3 is 6.18 Å². The molecular weight excluding hydrogens is 369 g/mol. The average Bonchev–Trinajstić information content (AvgIpc) is 3.15. The number of alkyl halides is 3. The number of hydrogen-bond acceptors (Lipinski definition) is 5. The number of anilines is 1. The van der Waals surface area contributed by atoms with Crippen LogP contribution in [0.4, 0.5) is 19.0 Å². The Morgan fingerprint density at radius 3 is 2.25 bits per heavy atom. The summed E-state index contributed by atoms with van der Waals surface area (Å²) in [5.74, 6) is 0.986. The molecule has 0 bridgehead atoms. The van der Waals surface area contributed by atoms with E-state index in [1.54, 1.807) is 30.3 Å². The first-order chi connectivity index (χ1) is 13.4. The van der Waals surface area contributed by atoms with Gasteiger partial charge in [0, 0.05) is 37.8 Å². The van der Waals surface area contributed by atoms with Gasteiger partial charge in [0.05, 0.1) is 5.69 Å². The third-order valence-electron chi connectivity index (χ3n) is 4.75. The van der Waals surface area contributed by atoms with E-state index in [0.29, 0.717) is 22.9 Å². The maximum Gasteiger partial charge on any atom is 0.435 e. The fraction of sp³-hybridized carbons (Fsp3) is 0.316. The number of rotatable bonds is 3. The minimum absolute atomic E-state index is 0.304. The molecule has 1 aromatic carbocycles. The van der Waals surface area contributed by atoms with Crippen molar-refractivity contribution in [2.75, 3.05) is 38.1 Å². The number of likely N-dealkylation sites (N-methyl/N-ethyl adjacent to an activating group) is 1. The maximum absolute atomic E-state index is 13.3. The van der Waals surface area contributed by atoms with Crippen molar-refractivity contribution in [2.24, 2.45) is 0 Å². The highest BCUT2D eigenvalue weighted by molar-refractivity contribution is 5.62. The van der Waals surface area contributed by atoms with Crippen LogP contribution in [0.5, 0.6) is 0 Å². The lowest BCUT2D eigenvalue weighted by atomic mass is 10.1. The van der Waals surface area contributed by atoms with Crippen molar-refractivity contribution in [1.82, 2.24) is 24.6 Å². The summed E-state index contributed by atoms with van der Waals surface area (Å²) in [5, 5.41) is 3.80. The summed E-state index contributed by atoms with van der Waals surface area (Å²) in [6.07, 6.45) is -3.17. The van der Waals surface area contributed by atoms with Gasteiger partial charge in [-0.05, 0) is 13.1 Å². The predicted molar refractivity (Wildman–Crippen MR) is 99.3 cm³/mol. The van der Waals surface area contributed by atoms with Gasteiger partial charge < -0.3 is 9.80 Å². The van der Waals surface area contributed by atoms with Gasteiger partial charge in [0.15, 0.2) is 11.5 Å². The zero-order chi connectivity index (χ0) is 19.7. The SMILES string of the molecule is CN1CCN(c2cc(-n3nc(C(F)(F)F)cc3-c3ccccc3)ncn2)CC1. The van der Waals surface area contributed by atoms with Crippen LogP contribution in [-0.4, -0.2) is 57.9 Å². The minimum Gasteiger partial charge on any atom is -0.354 e. The molecule has 0 aliphatic carbocycles.